The number of carbonyl (C=O) groups excluding carboxylic acids is 2. The minimum absolute atomic E-state index is 0.0217. The van der Waals surface area contributed by atoms with Crippen molar-refractivity contribution in [2.75, 3.05) is 0 Å². The molecule has 2 aliphatic rings. The second kappa shape index (κ2) is 5.79. The summed E-state index contributed by atoms with van der Waals surface area (Å²) in [5.74, 6) is -0.0722. The normalized spacial score (nSPS) is 24.6. The highest BCUT2D eigenvalue weighted by Gasteiger charge is 2.42. The van der Waals surface area contributed by atoms with Crippen molar-refractivity contribution in [1.82, 2.24) is 10.2 Å². The highest BCUT2D eigenvalue weighted by molar-refractivity contribution is 6.05. The van der Waals surface area contributed by atoms with E-state index in [1.165, 1.54) is 11.3 Å². The molecule has 20 heavy (non-hydrogen) atoms. The van der Waals surface area contributed by atoms with Crippen LogP contribution >= 0.6 is 0 Å². The standard InChI is InChI=1S/C15H20N2O3/c18-14-8-13(16-9-11-6-7-20-10-11)15(19)17(14)12-4-2-1-3-5-12/h6-7,10,12-13,16H,1-5,8-9H2. The topological polar surface area (TPSA) is 62.6 Å². The smallest absolute Gasteiger partial charge is 0.247 e. The largest absolute Gasteiger partial charge is 0.472 e. The third-order valence-corrected chi connectivity index (χ3v) is 4.26. The Balaban J connectivity index is 1.60. The van der Waals surface area contributed by atoms with Gasteiger partial charge in [0.05, 0.1) is 25.0 Å². The molecular weight excluding hydrogens is 256 g/mol. The van der Waals surface area contributed by atoms with E-state index in [1.807, 2.05) is 6.07 Å². The minimum atomic E-state index is -0.376. The number of furan rings is 1. The number of carbonyl (C=O) groups is 2. The summed E-state index contributed by atoms with van der Waals surface area (Å²) in [6, 6.07) is 1.61. The van der Waals surface area contributed by atoms with Crippen LogP contribution in [0.15, 0.2) is 23.0 Å². The van der Waals surface area contributed by atoms with E-state index >= 15 is 0 Å². The summed E-state index contributed by atoms with van der Waals surface area (Å²) in [7, 11) is 0. The fourth-order valence-corrected chi connectivity index (χ4v) is 3.17. The monoisotopic (exact) mass is 276 g/mol. The molecule has 5 heteroatoms. The van der Waals surface area contributed by atoms with Crippen molar-refractivity contribution in [3.8, 4) is 0 Å². The maximum atomic E-state index is 12.4. The van der Waals surface area contributed by atoms with Gasteiger partial charge in [0.25, 0.3) is 0 Å². The summed E-state index contributed by atoms with van der Waals surface area (Å²) in [6.45, 7) is 0.554. The first kappa shape index (κ1) is 13.4. The van der Waals surface area contributed by atoms with E-state index in [9.17, 15) is 9.59 Å². The van der Waals surface area contributed by atoms with Crippen molar-refractivity contribution < 1.29 is 14.0 Å². The molecule has 3 rings (SSSR count). The molecular formula is C15H20N2O3. The van der Waals surface area contributed by atoms with E-state index in [0.29, 0.717) is 6.54 Å². The van der Waals surface area contributed by atoms with Crippen LogP contribution in [0.25, 0.3) is 0 Å². The Morgan fingerprint density at radius 1 is 1.25 bits per heavy atom. The molecule has 5 nitrogen and oxygen atoms in total. The first-order valence-corrected chi connectivity index (χ1v) is 7.36. The molecule has 108 valence electrons. The molecule has 1 atom stereocenters. The van der Waals surface area contributed by atoms with E-state index in [4.69, 9.17) is 4.42 Å². The van der Waals surface area contributed by atoms with Gasteiger partial charge in [-0.05, 0) is 18.9 Å². The summed E-state index contributed by atoms with van der Waals surface area (Å²) < 4.78 is 4.99. The second-order valence-electron chi connectivity index (χ2n) is 5.66. The lowest BCUT2D eigenvalue weighted by atomic mass is 9.94. The molecule has 1 N–H and O–H groups in total. The van der Waals surface area contributed by atoms with Crippen LogP contribution in [-0.4, -0.2) is 28.8 Å². The molecule has 0 spiro atoms. The van der Waals surface area contributed by atoms with Gasteiger partial charge in [0.1, 0.15) is 0 Å². The summed E-state index contributed by atoms with van der Waals surface area (Å²) >= 11 is 0. The zero-order valence-corrected chi connectivity index (χ0v) is 11.5. The molecule has 1 aromatic heterocycles. The highest BCUT2D eigenvalue weighted by Crippen LogP contribution is 2.27. The average Bonchev–Trinajstić information content (AvgIpc) is 3.06. The van der Waals surface area contributed by atoms with Gasteiger partial charge in [-0.1, -0.05) is 19.3 Å². The van der Waals surface area contributed by atoms with Gasteiger partial charge >= 0.3 is 0 Å². The number of nitrogens with zero attached hydrogens (tertiary/aromatic N) is 1. The predicted molar refractivity (Wildman–Crippen MR) is 72.7 cm³/mol. The molecule has 2 fully saturated rings. The fourth-order valence-electron chi connectivity index (χ4n) is 3.17. The fraction of sp³-hybridized carbons (Fsp3) is 0.600. The summed E-state index contributed by atoms with van der Waals surface area (Å²) in [5.41, 5.74) is 0.987. The quantitative estimate of drug-likeness (QED) is 0.852. The molecule has 1 unspecified atom stereocenters. The number of amides is 2. The van der Waals surface area contributed by atoms with Crippen LogP contribution in [0.2, 0.25) is 0 Å². The van der Waals surface area contributed by atoms with Gasteiger partial charge in [-0.15, -0.1) is 0 Å². The Kier molecular flexibility index (Phi) is 3.87. The van der Waals surface area contributed by atoms with Crippen LogP contribution < -0.4 is 5.32 Å². The lowest BCUT2D eigenvalue weighted by Gasteiger charge is -2.29. The van der Waals surface area contributed by atoms with E-state index in [-0.39, 0.29) is 30.3 Å². The third-order valence-electron chi connectivity index (χ3n) is 4.26. The molecule has 1 aliphatic carbocycles. The van der Waals surface area contributed by atoms with E-state index in [2.05, 4.69) is 5.32 Å². The maximum absolute atomic E-state index is 12.4. The number of imide groups is 1. The molecule has 2 amide bonds. The van der Waals surface area contributed by atoms with Crippen LogP contribution in [-0.2, 0) is 16.1 Å². The average molecular weight is 276 g/mol. The minimum Gasteiger partial charge on any atom is -0.472 e. The lowest BCUT2D eigenvalue weighted by Crippen LogP contribution is -2.44. The molecule has 1 saturated carbocycles. The van der Waals surface area contributed by atoms with E-state index < -0.39 is 0 Å². The molecule has 1 aromatic rings. The Morgan fingerprint density at radius 3 is 2.75 bits per heavy atom. The van der Waals surface area contributed by atoms with Crippen LogP contribution in [0.3, 0.4) is 0 Å². The van der Waals surface area contributed by atoms with Crippen LogP contribution in [0.5, 0.6) is 0 Å². The molecule has 1 saturated heterocycles. The van der Waals surface area contributed by atoms with Gasteiger partial charge in [0, 0.05) is 18.2 Å². The van der Waals surface area contributed by atoms with Crippen molar-refractivity contribution in [1.29, 1.82) is 0 Å². The third kappa shape index (κ3) is 2.63. The number of likely N-dealkylation sites (tertiary alicyclic amines) is 1. The molecule has 0 radical (unpaired) electrons. The van der Waals surface area contributed by atoms with Crippen molar-refractivity contribution in [3.05, 3.63) is 24.2 Å². The molecule has 0 bridgehead atoms. The van der Waals surface area contributed by atoms with Crippen LogP contribution in [0.4, 0.5) is 0 Å². The van der Waals surface area contributed by atoms with E-state index in [0.717, 1.165) is 31.2 Å². The van der Waals surface area contributed by atoms with Gasteiger partial charge in [-0.3, -0.25) is 14.5 Å². The lowest BCUT2D eigenvalue weighted by molar-refractivity contribution is -0.142. The zero-order valence-electron chi connectivity index (χ0n) is 11.5. The molecule has 1 aliphatic heterocycles. The first-order chi connectivity index (χ1) is 9.75. The maximum Gasteiger partial charge on any atom is 0.247 e. The zero-order chi connectivity index (χ0) is 13.9. The van der Waals surface area contributed by atoms with Crippen molar-refractivity contribution in [2.45, 2.75) is 57.2 Å². The SMILES string of the molecule is O=C1CC(NCc2ccoc2)C(=O)N1C1CCCCC1. The Bertz CT molecular complexity index is 477. The van der Waals surface area contributed by atoms with Gasteiger partial charge in [0.2, 0.25) is 11.8 Å². The second-order valence-corrected chi connectivity index (χ2v) is 5.66. The van der Waals surface area contributed by atoms with Crippen LogP contribution in [0, 0.1) is 0 Å². The summed E-state index contributed by atoms with van der Waals surface area (Å²) in [6.07, 6.45) is 8.92. The number of nitrogens with one attached hydrogen (secondary N) is 1. The van der Waals surface area contributed by atoms with Gasteiger partial charge in [-0.25, -0.2) is 0 Å². The summed E-state index contributed by atoms with van der Waals surface area (Å²) in [4.78, 5) is 26.0. The molecule has 0 aromatic carbocycles. The number of hydrogen-bond acceptors (Lipinski definition) is 4. The highest BCUT2D eigenvalue weighted by atomic mass is 16.3. The molecule has 2 heterocycles. The Morgan fingerprint density at radius 2 is 2.05 bits per heavy atom. The van der Waals surface area contributed by atoms with Gasteiger partial charge < -0.3 is 9.73 Å². The Labute approximate surface area is 118 Å². The van der Waals surface area contributed by atoms with Crippen molar-refractivity contribution in [3.63, 3.8) is 0 Å². The van der Waals surface area contributed by atoms with E-state index in [1.54, 1.807) is 12.5 Å². The van der Waals surface area contributed by atoms with Gasteiger partial charge in [0.15, 0.2) is 0 Å². The van der Waals surface area contributed by atoms with Crippen molar-refractivity contribution >= 4 is 11.8 Å². The Hall–Kier alpha value is -1.62. The van der Waals surface area contributed by atoms with Crippen molar-refractivity contribution in [2.24, 2.45) is 0 Å². The number of rotatable bonds is 4. The van der Waals surface area contributed by atoms with Crippen LogP contribution in [0.1, 0.15) is 44.1 Å². The summed E-state index contributed by atoms with van der Waals surface area (Å²) in [5, 5.41) is 3.16. The first-order valence-electron chi connectivity index (χ1n) is 7.36. The van der Waals surface area contributed by atoms with Gasteiger partial charge in [-0.2, -0.15) is 0 Å². The number of hydrogen-bond donors (Lipinski definition) is 1. The predicted octanol–water partition coefficient (Wildman–Crippen LogP) is 1.83.